The average Bonchev–Trinajstić information content (AvgIpc) is 3.24. The van der Waals surface area contributed by atoms with Gasteiger partial charge in [0.2, 0.25) is 5.82 Å². The molecule has 1 aromatic carbocycles. The lowest BCUT2D eigenvalue weighted by molar-refractivity contribution is -0.145. The van der Waals surface area contributed by atoms with Crippen molar-refractivity contribution >= 4 is 17.1 Å². The fraction of sp³-hybridized carbons (Fsp3) is 0.385. The monoisotopic (exact) mass is 531 g/mol. The Morgan fingerprint density at radius 3 is 2.41 bits per heavy atom. The van der Waals surface area contributed by atoms with Crippen LogP contribution in [0.5, 0.6) is 0 Å². The molecule has 11 heteroatoms. The highest BCUT2D eigenvalue weighted by Gasteiger charge is 2.36. The third kappa shape index (κ3) is 6.28. The molecule has 196 valence electrons. The van der Waals surface area contributed by atoms with Gasteiger partial charge >= 0.3 is 6.18 Å². The minimum Gasteiger partial charge on any atom is -0.611 e. The molecule has 1 aliphatic heterocycles. The number of carbonyl (C=O) groups excluding carboxylic acids is 1. The molecule has 3 aromatic rings. The Kier molecular flexibility index (Phi) is 8.15. The topological polar surface area (TPSA) is 94.1 Å². The molecular weight excluding hydrogens is 503 g/mol. The van der Waals surface area contributed by atoms with E-state index in [4.69, 9.17) is 0 Å². The summed E-state index contributed by atoms with van der Waals surface area (Å²) in [7, 11) is 0. The second-order valence-corrected chi connectivity index (χ2v) is 11.0. The van der Waals surface area contributed by atoms with E-state index in [0.29, 0.717) is 36.5 Å². The van der Waals surface area contributed by atoms with Crippen molar-refractivity contribution < 1.29 is 22.5 Å². The Bertz CT molecular complexity index is 1240. The first kappa shape index (κ1) is 27.0. The quantitative estimate of drug-likeness (QED) is 0.425. The van der Waals surface area contributed by atoms with E-state index in [2.05, 4.69) is 39.0 Å². The van der Waals surface area contributed by atoms with Gasteiger partial charge in [-0.25, -0.2) is 9.97 Å². The van der Waals surface area contributed by atoms with Crippen LogP contribution in [-0.4, -0.2) is 36.1 Å². The van der Waals surface area contributed by atoms with Gasteiger partial charge < -0.3 is 9.87 Å². The number of amides is 1. The molecule has 0 spiro atoms. The van der Waals surface area contributed by atoms with E-state index < -0.39 is 23.2 Å². The second-order valence-electron chi connectivity index (χ2n) is 9.24. The van der Waals surface area contributed by atoms with Crippen LogP contribution < -0.4 is 5.32 Å². The summed E-state index contributed by atoms with van der Waals surface area (Å²) in [5.41, 5.74) is 3.66. The highest BCUT2D eigenvalue weighted by Crippen LogP contribution is 2.38. The maximum atomic E-state index is 12.8. The van der Waals surface area contributed by atoms with E-state index in [1.54, 1.807) is 18.3 Å². The lowest BCUT2D eigenvalue weighted by atomic mass is 9.99. The third-order valence-corrected chi connectivity index (χ3v) is 7.51. The second kappa shape index (κ2) is 11.2. The summed E-state index contributed by atoms with van der Waals surface area (Å²) in [4.78, 5) is 27.2. The zero-order chi connectivity index (χ0) is 26.7. The summed E-state index contributed by atoms with van der Waals surface area (Å²) >= 11 is -1.02. The van der Waals surface area contributed by atoms with Crippen LogP contribution in [-0.2, 0) is 37.0 Å². The molecule has 7 nitrogen and oxygen atoms in total. The van der Waals surface area contributed by atoms with Crippen LogP contribution in [0.2, 0.25) is 0 Å². The SMILES string of the molecule is CC[S+]([O-])c1ccc(CNC(=O)c2cnc3c(c2)CN(Cc2cnc(C(F)(F)F)nc2)[C@H]3C(C)C)cc1. The number of hydrogen-bond donors (Lipinski definition) is 1. The van der Waals surface area contributed by atoms with Gasteiger partial charge in [0.1, 0.15) is 5.75 Å². The Labute approximate surface area is 216 Å². The van der Waals surface area contributed by atoms with Gasteiger partial charge in [0.05, 0.1) is 17.3 Å². The molecule has 0 saturated carbocycles. The average molecular weight is 532 g/mol. The maximum absolute atomic E-state index is 12.8. The van der Waals surface area contributed by atoms with Crippen molar-refractivity contribution in [3.05, 3.63) is 82.7 Å². The van der Waals surface area contributed by atoms with Gasteiger partial charge in [-0.05, 0) is 53.3 Å². The third-order valence-electron chi connectivity index (χ3n) is 6.19. The summed E-state index contributed by atoms with van der Waals surface area (Å²) in [6.45, 7) is 7.16. The maximum Gasteiger partial charge on any atom is 0.451 e. The van der Waals surface area contributed by atoms with Crippen molar-refractivity contribution in [2.45, 2.75) is 57.5 Å². The van der Waals surface area contributed by atoms with E-state index in [1.807, 2.05) is 25.1 Å². The van der Waals surface area contributed by atoms with Crippen molar-refractivity contribution in [1.29, 1.82) is 0 Å². The number of alkyl halides is 3. The number of hydrogen-bond acceptors (Lipinski definition) is 6. The Morgan fingerprint density at radius 1 is 1.14 bits per heavy atom. The number of halogens is 3. The van der Waals surface area contributed by atoms with Crippen LogP contribution in [0.3, 0.4) is 0 Å². The minimum absolute atomic E-state index is 0.0541. The lowest BCUT2D eigenvalue weighted by Crippen LogP contribution is -2.26. The normalized spacial score (nSPS) is 16.6. The molecule has 0 aliphatic carbocycles. The van der Waals surface area contributed by atoms with E-state index >= 15 is 0 Å². The van der Waals surface area contributed by atoms with Gasteiger partial charge in [-0.3, -0.25) is 14.7 Å². The van der Waals surface area contributed by atoms with Gasteiger partial charge in [0.25, 0.3) is 5.91 Å². The van der Waals surface area contributed by atoms with Crippen LogP contribution in [0.4, 0.5) is 13.2 Å². The van der Waals surface area contributed by atoms with Crippen molar-refractivity contribution in [3.8, 4) is 0 Å². The largest absolute Gasteiger partial charge is 0.611 e. The summed E-state index contributed by atoms with van der Waals surface area (Å²) < 4.78 is 50.3. The fourth-order valence-electron chi connectivity index (χ4n) is 4.45. The Hall–Kier alpha value is -3.02. The van der Waals surface area contributed by atoms with Gasteiger partial charge in [-0.1, -0.05) is 26.0 Å². The number of fused-ring (bicyclic) bond motifs is 1. The number of nitrogens with zero attached hydrogens (tertiary/aromatic N) is 4. The molecule has 1 amide bonds. The summed E-state index contributed by atoms with van der Waals surface area (Å²) in [5, 5.41) is 2.89. The molecule has 37 heavy (non-hydrogen) atoms. The first-order chi connectivity index (χ1) is 17.6. The molecular formula is C26H28F3N5O2S. The molecule has 1 aliphatic rings. The van der Waals surface area contributed by atoms with Crippen molar-refractivity contribution in [3.63, 3.8) is 0 Å². The molecule has 0 saturated heterocycles. The van der Waals surface area contributed by atoms with E-state index in [0.717, 1.165) is 21.7 Å². The highest BCUT2D eigenvalue weighted by atomic mass is 32.2. The molecule has 2 aromatic heterocycles. The fourth-order valence-corrected chi connectivity index (χ4v) is 5.22. The Balaban J connectivity index is 1.43. The molecule has 0 fully saturated rings. The number of nitrogens with one attached hydrogen (secondary N) is 1. The molecule has 2 atom stereocenters. The number of rotatable bonds is 8. The molecule has 0 bridgehead atoms. The van der Waals surface area contributed by atoms with Crippen LogP contribution in [0, 0.1) is 5.92 Å². The zero-order valence-electron chi connectivity index (χ0n) is 20.7. The van der Waals surface area contributed by atoms with E-state index in [1.165, 1.54) is 12.4 Å². The molecule has 3 heterocycles. The van der Waals surface area contributed by atoms with Gasteiger partial charge in [0, 0.05) is 43.8 Å². The number of carbonyl (C=O) groups is 1. The van der Waals surface area contributed by atoms with Crippen LogP contribution in [0.1, 0.15) is 65.4 Å². The first-order valence-corrected chi connectivity index (χ1v) is 13.2. The standard InChI is InChI=1S/C26H28F3N5O2S/c1-4-37(36)21-7-5-17(6-8-21)10-31-24(35)19-9-20-15-34(23(16(2)3)22(20)30-13-19)14-18-11-32-25(33-12-18)26(27,28)29/h5-9,11-13,16,23H,4,10,14-15H2,1-3H3,(H,31,35)/t23-,37?/m0/s1. The van der Waals surface area contributed by atoms with Gasteiger partial charge in [0.15, 0.2) is 4.90 Å². The number of pyridine rings is 1. The number of benzene rings is 1. The molecule has 1 unspecified atom stereocenters. The molecule has 1 N–H and O–H groups in total. The number of aromatic nitrogens is 3. The highest BCUT2D eigenvalue weighted by molar-refractivity contribution is 7.91. The first-order valence-electron chi connectivity index (χ1n) is 11.9. The van der Waals surface area contributed by atoms with Crippen molar-refractivity contribution in [2.24, 2.45) is 5.92 Å². The van der Waals surface area contributed by atoms with E-state index in [-0.39, 0.29) is 17.9 Å². The van der Waals surface area contributed by atoms with Crippen LogP contribution >= 0.6 is 0 Å². The minimum atomic E-state index is -4.58. The summed E-state index contributed by atoms with van der Waals surface area (Å²) in [6.07, 6.45) is -0.617. The Morgan fingerprint density at radius 2 is 1.81 bits per heavy atom. The summed E-state index contributed by atoms with van der Waals surface area (Å²) in [6, 6.07) is 9.08. The summed E-state index contributed by atoms with van der Waals surface area (Å²) in [5.74, 6) is -0.680. The van der Waals surface area contributed by atoms with Gasteiger partial charge in [-0.15, -0.1) is 0 Å². The molecule has 0 radical (unpaired) electrons. The zero-order valence-corrected chi connectivity index (χ0v) is 21.6. The lowest BCUT2D eigenvalue weighted by Gasteiger charge is -2.27. The molecule has 4 rings (SSSR count). The van der Waals surface area contributed by atoms with Gasteiger partial charge in [-0.2, -0.15) is 13.2 Å². The van der Waals surface area contributed by atoms with Crippen LogP contribution in [0.15, 0.2) is 53.8 Å². The van der Waals surface area contributed by atoms with Crippen molar-refractivity contribution in [1.82, 2.24) is 25.2 Å². The predicted molar refractivity (Wildman–Crippen MR) is 133 cm³/mol. The smallest absolute Gasteiger partial charge is 0.451 e. The van der Waals surface area contributed by atoms with E-state index in [9.17, 15) is 22.5 Å². The van der Waals surface area contributed by atoms with Crippen molar-refractivity contribution in [2.75, 3.05) is 5.75 Å². The predicted octanol–water partition coefficient (Wildman–Crippen LogP) is 4.66. The van der Waals surface area contributed by atoms with Crippen LogP contribution in [0.25, 0.3) is 0 Å².